The minimum absolute atomic E-state index is 0.133. The van der Waals surface area contributed by atoms with Crippen molar-refractivity contribution in [2.24, 2.45) is 5.73 Å². The van der Waals surface area contributed by atoms with Gasteiger partial charge in [0.2, 0.25) is 0 Å². The van der Waals surface area contributed by atoms with Gasteiger partial charge in [-0.3, -0.25) is 4.79 Å². The lowest BCUT2D eigenvalue weighted by molar-refractivity contribution is 0.0919. The van der Waals surface area contributed by atoms with E-state index in [1.807, 2.05) is 20.8 Å². The van der Waals surface area contributed by atoms with Crippen molar-refractivity contribution in [3.05, 3.63) is 29.3 Å². The topological polar surface area (TPSA) is 64.3 Å². The highest BCUT2D eigenvalue weighted by Gasteiger charge is 2.16. The maximum Gasteiger partial charge on any atom is 0.251 e. The first-order valence-electron chi connectivity index (χ1n) is 6.07. The van der Waals surface area contributed by atoms with E-state index in [1.165, 1.54) is 0 Å². The summed E-state index contributed by atoms with van der Waals surface area (Å²) in [4.78, 5) is 12.1. The van der Waals surface area contributed by atoms with Crippen molar-refractivity contribution in [3.8, 4) is 17.6 Å². The highest BCUT2D eigenvalue weighted by Crippen LogP contribution is 2.19. The van der Waals surface area contributed by atoms with Gasteiger partial charge in [0.1, 0.15) is 5.75 Å². The number of methoxy groups -OCH3 is 1. The number of carbonyl (C=O) groups excluding carboxylic acids is 1. The van der Waals surface area contributed by atoms with Crippen LogP contribution in [-0.2, 0) is 0 Å². The molecule has 0 aliphatic rings. The van der Waals surface area contributed by atoms with E-state index < -0.39 is 0 Å². The van der Waals surface area contributed by atoms with Gasteiger partial charge in [-0.15, -0.1) is 0 Å². The lowest BCUT2D eigenvalue weighted by Crippen LogP contribution is -2.40. The first-order valence-corrected chi connectivity index (χ1v) is 6.07. The third-order valence-electron chi connectivity index (χ3n) is 2.28. The molecule has 0 aromatic heterocycles. The van der Waals surface area contributed by atoms with Crippen molar-refractivity contribution >= 4 is 5.91 Å². The predicted octanol–water partition coefficient (Wildman–Crippen LogP) is 1.53. The summed E-state index contributed by atoms with van der Waals surface area (Å²) < 4.78 is 5.20. The monoisotopic (exact) mass is 260 g/mol. The second-order valence-electron chi connectivity index (χ2n) is 5.13. The molecule has 0 atom stereocenters. The van der Waals surface area contributed by atoms with E-state index in [2.05, 4.69) is 17.2 Å². The molecule has 0 saturated heterocycles. The van der Waals surface area contributed by atoms with E-state index in [-0.39, 0.29) is 18.0 Å². The minimum Gasteiger partial charge on any atom is -0.495 e. The second-order valence-corrected chi connectivity index (χ2v) is 5.13. The molecule has 1 aromatic rings. The van der Waals surface area contributed by atoms with E-state index in [1.54, 1.807) is 25.3 Å². The van der Waals surface area contributed by atoms with Crippen LogP contribution in [-0.4, -0.2) is 25.1 Å². The molecule has 0 saturated carbocycles. The highest BCUT2D eigenvalue weighted by molar-refractivity contribution is 5.95. The molecule has 3 N–H and O–H groups in total. The summed E-state index contributed by atoms with van der Waals surface area (Å²) in [5, 5.41) is 2.90. The zero-order valence-corrected chi connectivity index (χ0v) is 11.8. The minimum atomic E-state index is -0.278. The van der Waals surface area contributed by atoms with Crippen molar-refractivity contribution in [2.75, 3.05) is 13.7 Å². The van der Waals surface area contributed by atoms with Crippen molar-refractivity contribution in [2.45, 2.75) is 26.3 Å². The molecule has 1 rings (SSSR count). The first kappa shape index (κ1) is 15.1. The zero-order chi connectivity index (χ0) is 14.5. The largest absolute Gasteiger partial charge is 0.495 e. The summed E-state index contributed by atoms with van der Waals surface area (Å²) in [5.41, 5.74) is 6.29. The van der Waals surface area contributed by atoms with Gasteiger partial charge in [0.05, 0.1) is 19.2 Å². The van der Waals surface area contributed by atoms with Crippen molar-refractivity contribution in [1.29, 1.82) is 0 Å². The predicted molar refractivity (Wildman–Crippen MR) is 76.1 cm³/mol. The molecule has 0 aliphatic carbocycles. The van der Waals surface area contributed by atoms with Gasteiger partial charge < -0.3 is 15.8 Å². The third kappa shape index (κ3) is 4.65. The maximum absolute atomic E-state index is 12.1. The van der Waals surface area contributed by atoms with Crippen LogP contribution in [0.25, 0.3) is 0 Å². The number of nitrogens with two attached hydrogens (primary N) is 1. The van der Waals surface area contributed by atoms with Gasteiger partial charge in [0, 0.05) is 11.1 Å². The molecule has 0 fully saturated rings. The van der Waals surface area contributed by atoms with Crippen LogP contribution in [0.15, 0.2) is 18.2 Å². The maximum atomic E-state index is 12.1. The molecular weight excluding hydrogens is 240 g/mol. The van der Waals surface area contributed by atoms with Crippen molar-refractivity contribution in [3.63, 3.8) is 0 Å². The number of hydrogen-bond acceptors (Lipinski definition) is 3. The number of ether oxygens (including phenoxy) is 1. The Morgan fingerprint density at radius 1 is 1.42 bits per heavy atom. The molecular formula is C15H20N2O2. The van der Waals surface area contributed by atoms with Crippen LogP contribution >= 0.6 is 0 Å². The highest BCUT2D eigenvalue weighted by atomic mass is 16.5. The summed E-state index contributed by atoms with van der Waals surface area (Å²) in [6.07, 6.45) is 0. The molecule has 19 heavy (non-hydrogen) atoms. The van der Waals surface area contributed by atoms with Crippen LogP contribution in [0.5, 0.6) is 5.75 Å². The fourth-order valence-electron chi connectivity index (χ4n) is 1.51. The van der Waals surface area contributed by atoms with Gasteiger partial charge in [0.15, 0.2) is 0 Å². The molecule has 1 aromatic carbocycles. The quantitative estimate of drug-likeness (QED) is 0.793. The Morgan fingerprint density at radius 3 is 2.63 bits per heavy atom. The Hall–Kier alpha value is -1.99. The van der Waals surface area contributed by atoms with Crippen LogP contribution in [0.1, 0.15) is 36.7 Å². The molecule has 102 valence electrons. The fraction of sp³-hybridized carbons (Fsp3) is 0.400. The van der Waals surface area contributed by atoms with Gasteiger partial charge >= 0.3 is 0 Å². The second kappa shape index (κ2) is 6.26. The molecule has 0 heterocycles. The molecule has 4 heteroatoms. The van der Waals surface area contributed by atoms with Gasteiger partial charge in [-0.2, -0.15) is 0 Å². The summed E-state index contributed by atoms with van der Waals surface area (Å²) >= 11 is 0. The van der Waals surface area contributed by atoms with Crippen LogP contribution < -0.4 is 15.8 Å². The van der Waals surface area contributed by atoms with Crippen LogP contribution in [0.4, 0.5) is 0 Å². The molecule has 0 aliphatic heterocycles. The molecule has 0 unspecified atom stereocenters. The Bertz CT molecular complexity index is 519. The Balaban J connectivity index is 3.07. The van der Waals surface area contributed by atoms with E-state index in [0.29, 0.717) is 16.9 Å². The van der Waals surface area contributed by atoms with Crippen LogP contribution in [0.3, 0.4) is 0 Å². The third-order valence-corrected chi connectivity index (χ3v) is 2.28. The van der Waals surface area contributed by atoms with Crippen LogP contribution in [0, 0.1) is 11.8 Å². The molecule has 0 spiro atoms. The van der Waals surface area contributed by atoms with Gasteiger partial charge in [-0.05, 0) is 39.0 Å². The SMILES string of the molecule is COc1ccc(C(=O)NC(C)(C)C)cc1C#CCN. The van der Waals surface area contributed by atoms with E-state index in [9.17, 15) is 4.79 Å². The number of nitrogens with one attached hydrogen (secondary N) is 1. The van der Waals surface area contributed by atoms with E-state index in [4.69, 9.17) is 10.5 Å². The Labute approximate surface area is 114 Å². The number of amides is 1. The van der Waals surface area contributed by atoms with E-state index in [0.717, 1.165) is 0 Å². The molecule has 0 bridgehead atoms. The molecule has 4 nitrogen and oxygen atoms in total. The number of rotatable bonds is 2. The number of carbonyl (C=O) groups is 1. The van der Waals surface area contributed by atoms with E-state index >= 15 is 0 Å². The summed E-state index contributed by atoms with van der Waals surface area (Å²) in [6.45, 7) is 6.07. The lowest BCUT2D eigenvalue weighted by atomic mass is 10.1. The van der Waals surface area contributed by atoms with Gasteiger partial charge in [-0.25, -0.2) is 0 Å². The van der Waals surface area contributed by atoms with Crippen LogP contribution in [0.2, 0.25) is 0 Å². The zero-order valence-electron chi connectivity index (χ0n) is 11.8. The Kier molecular flexibility index (Phi) is 4.96. The lowest BCUT2D eigenvalue weighted by Gasteiger charge is -2.20. The molecule has 0 radical (unpaired) electrons. The van der Waals surface area contributed by atoms with Crippen molar-refractivity contribution in [1.82, 2.24) is 5.32 Å². The summed E-state index contributed by atoms with van der Waals surface area (Å²) in [6, 6.07) is 5.16. The number of hydrogen-bond donors (Lipinski definition) is 2. The standard InChI is InChI=1S/C15H20N2O2/c1-15(2,3)17-14(18)12-7-8-13(19-4)11(10-12)6-5-9-16/h7-8,10H,9,16H2,1-4H3,(H,17,18). The average molecular weight is 260 g/mol. The number of benzene rings is 1. The van der Waals surface area contributed by atoms with Gasteiger partial charge in [-0.1, -0.05) is 11.8 Å². The summed E-state index contributed by atoms with van der Waals surface area (Å²) in [5.74, 6) is 6.16. The smallest absolute Gasteiger partial charge is 0.251 e. The van der Waals surface area contributed by atoms with Crippen molar-refractivity contribution < 1.29 is 9.53 Å². The average Bonchev–Trinajstić information content (AvgIpc) is 2.33. The molecule has 1 amide bonds. The fourth-order valence-corrected chi connectivity index (χ4v) is 1.51. The normalized spacial score (nSPS) is 10.4. The first-order chi connectivity index (χ1) is 8.87. The Morgan fingerprint density at radius 2 is 2.11 bits per heavy atom. The van der Waals surface area contributed by atoms with Gasteiger partial charge in [0.25, 0.3) is 5.91 Å². The summed E-state index contributed by atoms with van der Waals surface area (Å²) in [7, 11) is 1.57.